The number of fused-ring (bicyclic) bond motifs is 3. The number of nitriles is 1. The summed E-state index contributed by atoms with van der Waals surface area (Å²) in [4.78, 5) is 22.2. The van der Waals surface area contributed by atoms with E-state index in [0.717, 1.165) is 9.35 Å². The SMILES string of the molecule is N#Cc1c(N)nc2c(c1-c1cc(Br)cs1)c(=O)nc1sccn12. The molecule has 0 atom stereocenters. The molecule has 0 spiro atoms. The molecule has 0 amide bonds. The van der Waals surface area contributed by atoms with Crippen LogP contribution in [-0.4, -0.2) is 14.4 Å². The topological polar surface area (TPSA) is 97.1 Å². The summed E-state index contributed by atoms with van der Waals surface area (Å²) in [5.74, 6) is 0.102. The number of aromatic nitrogens is 3. The van der Waals surface area contributed by atoms with Crippen LogP contribution < -0.4 is 11.3 Å². The number of hydrogen-bond acceptors (Lipinski definition) is 7. The number of hydrogen-bond donors (Lipinski definition) is 1. The van der Waals surface area contributed by atoms with Crippen molar-refractivity contribution in [2.75, 3.05) is 5.73 Å². The van der Waals surface area contributed by atoms with Gasteiger partial charge >= 0.3 is 0 Å². The normalized spacial score (nSPS) is 11.1. The second kappa shape index (κ2) is 5.13. The Morgan fingerprint density at radius 2 is 2.17 bits per heavy atom. The van der Waals surface area contributed by atoms with Crippen LogP contribution >= 0.6 is 38.6 Å². The first kappa shape index (κ1) is 14.3. The Labute approximate surface area is 145 Å². The molecule has 4 heterocycles. The maximum absolute atomic E-state index is 12.6. The molecule has 0 aromatic carbocycles. The zero-order valence-corrected chi connectivity index (χ0v) is 14.5. The summed E-state index contributed by atoms with van der Waals surface area (Å²) >= 11 is 6.15. The van der Waals surface area contributed by atoms with E-state index in [1.54, 1.807) is 10.6 Å². The van der Waals surface area contributed by atoms with Crippen LogP contribution in [0.4, 0.5) is 5.82 Å². The van der Waals surface area contributed by atoms with E-state index >= 15 is 0 Å². The van der Waals surface area contributed by atoms with Gasteiger partial charge in [0.1, 0.15) is 17.5 Å². The van der Waals surface area contributed by atoms with E-state index < -0.39 is 5.56 Å². The van der Waals surface area contributed by atoms with Gasteiger partial charge in [-0.3, -0.25) is 9.20 Å². The van der Waals surface area contributed by atoms with Crippen molar-refractivity contribution >= 4 is 60.4 Å². The molecular formula is C14H6BrN5OS2. The summed E-state index contributed by atoms with van der Waals surface area (Å²) in [5.41, 5.74) is 6.67. The Kier molecular flexibility index (Phi) is 3.19. The monoisotopic (exact) mass is 403 g/mol. The van der Waals surface area contributed by atoms with Gasteiger partial charge in [0.25, 0.3) is 5.56 Å². The lowest BCUT2D eigenvalue weighted by molar-refractivity contribution is 1.13. The van der Waals surface area contributed by atoms with Crippen LogP contribution in [0.3, 0.4) is 0 Å². The van der Waals surface area contributed by atoms with Crippen molar-refractivity contribution in [2.24, 2.45) is 0 Å². The molecule has 0 bridgehead atoms. The fourth-order valence-electron chi connectivity index (χ4n) is 2.43. The average Bonchev–Trinajstić information content (AvgIpc) is 3.14. The first-order valence-electron chi connectivity index (χ1n) is 6.33. The highest BCUT2D eigenvalue weighted by Crippen LogP contribution is 2.37. The van der Waals surface area contributed by atoms with Crippen molar-refractivity contribution in [3.8, 4) is 16.5 Å². The van der Waals surface area contributed by atoms with Crippen LogP contribution in [0, 0.1) is 11.3 Å². The van der Waals surface area contributed by atoms with Gasteiger partial charge in [-0.25, -0.2) is 4.98 Å². The minimum absolute atomic E-state index is 0.102. The van der Waals surface area contributed by atoms with E-state index in [9.17, 15) is 10.1 Å². The van der Waals surface area contributed by atoms with Crippen LogP contribution in [0.25, 0.3) is 26.4 Å². The number of halogens is 1. The average molecular weight is 404 g/mol. The zero-order chi connectivity index (χ0) is 16.1. The number of thiophene rings is 1. The van der Waals surface area contributed by atoms with Crippen molar-refractivity contribution in [3.05, 3.63) is 43.4 Å². The molecule has 0 unspecified atom stereocenters. The summed E-state index contributed by atoms with van der Waals surface area (Å²) in [7, 11) is 0. The number of nitrogens with two attached hydrogens (primary N) is 1. The number of nitrogens with zero attached hydrogens (tertiary/aromatic N) is 4. The molecule has 6 nitrogen and oxygen atoms in total. The van der Waals surface area contributed by atoms with E-state index in [1.165, 1.54) is 22.7 Å². The molecule has 0 radical (unpaired) electrons. The lowest BCUT2D eigenvalue weighted by Crippen LogP contribution is -2.13. The highest BCUT2D eigenvalue weighted by atomic mass is 79.9. The van der Waals surface area contributed by atoms with Gasteiger partial charge < -0.3 is 5.73 Å². The molecule has 0 fully saturated rings. The van der Waals surface area contributed by atoms with Gasteiger partial charge in [0.15, 0.2) is 10.6 Å². The largest absolute Gasteiger partial charge is 0.383 e. The van der Waals surface area contributed by atoms with Crippen molar-refractivity contribution in [1.82, 2.24) is 14.4 Å². The third-order valence-electron chi connectivity index (χ3n) is 3.36. The smallest absolute Gasteiger partial charge is 0.284 e. The van der Waals surface area contributed by atoms with Crippen LogP contribution in [0.2, 0.25) is 0 Å². The number of anilines is 1. The van der Waals surface area contributed by atoms with Crippen LogP contribution in [0.5, 0.6) is 0 Å². The third kappa shape index (κ3) is 2.07. The second-order valence-corrected chi connectivity index (χ2v) is 7.36. The summed E-state index contributed by atoms with van der Waals surface area (Å²) in [6.07, 6.45) is 1.78. The Hall–Kier alpha value is -2.28. The van der Waals surface area contributed by atoms with E-state index in [2.05, 4.69) is 32.0 Å². The Morgan fingerprint density at radius 1 is 1.35 bits per heavy atom. The molecule has 2 N–H and O–H groups in total. The molecule has 23 heavy (non-hydrogen) atoms. The second-order valence-electron chi connectivity index (χ2n) is 4.66. The van der Waals surface area contributed by atoms with Crippen molar-refractivity contribution in [3.63, 3.8) is 0 Å². The maximum atomic E-state index is 12.6. The predicted octanol–water partition coefficient (Wildman–Crippen LogP) is 3.25. The Morgan fingerprint density at radius 3 is 2.87 bits per heavy atom. The zero-order valence-electron chi connectivity index (χ0n) is 11.3. The lowest BCUT2D eigenvalue weighted by Gasteiger charge is -2.09. The molecule has 4 rings (SSSR count). The van der Waals surface area contributed by atoms with Gasteiger partial charge in [0, 0.05) is 31.9 Å². The summed E-state index contributed by atoms with van der Waals surface area (Å²) in [6.45, 7) is 0. The number of thiazole rings is 1. The highest BCUT2D eigenvalue weighted by molar-refractivity contribution is 9.10. The molecule has 0 aliphatic heterocycles. The minimum Gasteiger partial charge on any atom is -0.383 e. The predicted molar refractivity (Wildman–Crippen MR) is 94.8 cm³/mol. The molecule has 0 saturated heterocycles. The molecule has 112 valence electrons. The summed E-state index contributed by atoms with van der Waals surface area (Å²) in [5, 5.41) is 13.5. The van der Waals surface area contributed by atoms with E-state index in [1.807, 2.05) is 16.8 Å². The number of nitrogen functional groups attached to an aromatic ring is 1. The van der Waals surface area contributed by atoms with Gasteiger partial charge in [-0.15, -0.1) is 22.7 Å². The molecular weight excluding hydrogens is 398 g/mol. The first-order chi connectivity index (χ1) is 11.1. The van der Waals surface area contributed by atoms with Gasteiger partial charge in [-0.05, 0) is 22.0 Å². The highest BCUT2D eigenvalue weighted by Gasteiger charge is 2.21. The van der Waals surface area contributed by atoms with E-state index in [0.29, 0.717) is 21.6 Å². The first-order valence-corrected chi connectivity index (χ1v) is 8.89. The standard InChI is InChI=1S/C14H6BrN5OS2/c15-6-3-8(23-5-6)9-7(4-16)11(17)18-12-10(9)13(21)19-14-20(12)1-2-22-14/h1-3,5H,(H2,17,18). The molecule has 4 aromatic heterocycles. The number of rotatable bonds is 1. The third-order valence-corrected chi connectivity index (χ3v) is 5.83. The fraction of sp³-hybridized carbons (Fsp3) is 0. The molecule has 0 saturated carbocycles. The van der Waals surface area contributed by atoms with Gasteiger partial charge in [-0.2, -0.15) is 10.2 Å². The van der Waals surface area contributed by atoms with Gasteiger partial charge in [-0.1, -0.05) is 0 Å². The van der Waals surface area contributed by atoms with Gasteiger partial charge in [0.05, 0.1) is 5.39 Å². The molecule has 4 aromatic rings. The van der Waals surface area contributed by atoms with Crippen LogP contribution in [-0.2, 0) is 0 Å². The van der Waals surface area contributed by atoms with E-state index in [-0.39, 0.29) is 11.4 Å². The van der Waals surface area contributed by atoms with Gasteiger partial charge in [0.2, 0.25) is 0 Å². The molecule has 0 aliphatic rings. The summed E-state index contributed by atoms with van der Waals surface area (Å²) in [6, 6.07) is 3.91. The fourth-order valence-corrected chi connectivity index (χ4v) is 4.61. The Balaban J connectivity index is 2.31. The maximum Gasteiger partial charge on any atom is 0.284 e. The quantitative estimate of drug-likeness (QED) is 0.525. The lowest BCUT2D eigenvalue weighted by atomic mass is 10.0. The van der Waals surface area contributed by atoms with Crippen molar-refractivity contribution in [1.29, 1.82) is 5.26 Å². The van der Waals surface area contributed by atoms with E-state index in [4.69, 9.17) is 5.73 Å². The molecule has 9 heteroatoms. The van der Waals surface area contributed by atoms with Crippen molar-refractivity contribution in [2.45, 2.75) is 0 Å². The van der Waals surface area contributed by atoms with Crippen LogP contribution in [0.15, 0.2) is 32.3 Å². The summed E-state index contributed by atoms with van der Waals surface area (Å²) < 4.78 is 2.58. The van der Waals surface area contributed by atoms with Crippen molar-refractivity contribution < 1.29 is 0 Å². The minimum atomic E-state index is -0.411. The molecule has 0 aliphatic carbocycles. The van der Waals surface area contributed by atoms with Crippen LogP contribution in [0.1, 0.15) is 5.56 Å². The number of pyridine rings is 1. The Bertz CT molecular complexity index is 1180.